The molecule has 1 fully saturated rings. The number of aliphatic hydroxyl groups excluding tert-OH is 2. The van der Waals surface area contributed by atoms with E-state index in [1.807, 2.05) is 0 Å². The molecule has 23 heavy (non-hydrogen) atoms. The predicted molar refractivity (Wildman–Crippen MR) is 76.1 cm³/mol. The van der Waals surface area contributed by atoms with Crippen molar-refractivity contribution in [2.24, 2.45) is 0 Å². The van der Waals surface area contributed by atoms with Gasteiger partial charge in [0.05, 0.1) is 6.61 Å². The van der Waals surface area contributed by atoms with E-state index >= 15 is 0 Å². The summed E-state index contributed by atoms with van der Waals surface area (Å²) in [5.41, 5.74) is -0.0530. The summed E-state index contributed by atoms with van der Waals surface area (Å²) in [4.78, 5) is 28.2. The van der Waals surface area contributed by atoms with Gasteiger partial charge in [0.2, 0.25) is 0 Å². The van der Waals surface area contributed by atoms with E-state index in [0.717, 1.165) is 0 Å². The van der Waals surface area contributed by atoms with E-state index in [4.69, 9.17) is 19.6 Å². The Morgan fingerprint density at radius 3 is 2.57 bits per heavy atom. The molecule has 1 aromatic rings. The molecule has 0 aromatic carbocycles. The predicted octanol–water partition coefficient (Wildman–Crippen LogP) is -2.52. The number of carboxylic acid groups (broad SMARTS) is 1. The minimum atomic E-state index is -4.73. The summed E-state index contributed by atoms with van der Waals surface area (Å²) in [6, 6.07) is 2.76. The number of rotatable bonds is 5. The first-order chi connectivity index (χ1) is 10.2. The van der Waals surface area contributed by atoms with Crippen LogP contribution in [-0.4, -0.2) is 93.7 Å². The van der Waals surface area contributed by atoms with E-state index in [0.29, 0.717) is 0 Å². The van der Waals surface area contributed by atoms with E-state index in [1.165, 1.54) is 29.1 Å². The fourth-order valence-electron chi connectivity index (χ4n) is 2.06. The number of nitrogens with zero attached hydrogens (tertiary/aromatic N) is 1. The van der Waals surface area contributed by atoms with Gasteiger partial charge in [0.15, 0.2) is 18.5 Å². The van der Waals surface area contributed by atoms with Crippen molar-refractivity contribution in [2.45, 2.75) is 24.5 Å². The second-order valence-electron chi connectivity index (χ2n) is 4.68. The topological polar surface area (TPSA) is 158 Å². The zero-order chi connectivity index (χ0) is 16.5. The summed E-state index contributed by atoms with van der Waals surface area (Å²) in [7, 11) is -4.73. The summed E-state index contributed by atoms with van der Waals surface area (Å²) in [5.74, 6) is -1.18. The molecule has 1 aromatic heterocycles. The number of hydrogen-bond acceptors (Lipinski definition) is 6. The van der Waals surface area contributed by atoms with E-state index in [1.54, 1.807) is 0 Å². The molecule has 1 saturated heterocycles. The van der Waals surface area contributed by atoms with Crippen molar-refractivity contribution in [1.82, 2.24) is 0 Å². The molecule has 5 N–H and O–H groups in total. The van der Waals surface area contributed by atoms with Crippen LogP contribution in [0.15, 0.2) is 24.5 Å². The Morgan fingerprint density at radius 1 is 1.35 bits per heavy atom. The van der Waals surface area contributed by atoms with Gasteiger partial charge in [-0.1, -0.05) is 0 Å². The molecule has 126 valence electrons. The molecule has 0 unspecified atom stereocenters. The van der Waals surface area contributed by atoms with Crippen LogP contribution in [0.25, 0.3) is 0 Å². The number of hydrogen-bond donors (Lipinski definition) is 5. The zero-order valence-corrected chi connectivity index (χ0v) is 12.0. The second-order valence-corrected chi connectivity index (χ2v) is 5.92. The Bertz CT molecular complexity index is 609. The summed E-state index contributed by atoms with van der Waals surface area (Å²) in [5, 5.41) is 28.7. The number of phosphoric acid groups is 1. The Kier molecular flexibility index (Phi) is 7.55. The summed E-state index contributed by atoms with van der Waals surface area (Å²) in [6.07, 6.45) is -2.51. The number of aliphatic hydroxyl groups is 2. The van der Waals surface area contributed by atoms with Crippen LogP contribution in [0.2, 0.25) is 0 Å². The van der Waals surface area contributed by atoms with E-state index in [9.17, 15) is 19.6 Å². The third-order valence-corrected chi connectivity index (χ3v) is 3.59. The van der Waals surface area contributed by atoms with E-state index < -0.39 is 44.9 Å². The maximum atomic E-state index is 10.9. The van der Waals surface area contributed by atoms with Gasteiger partial charge in [-0.05, 0) is 6.07 Å². The quantitative estimate of drug-likeness (QED) is 0.212. The molecule has 0 bridgehead atoms. The van der Waals surface area contributed by atoms with Gasteiger partial charge in [-0.3, -0.25) is 4.52 Å². The standard InChI is InChI=1S/C11H14NO9P.Ca.2H/c13-8-7(5-20-22(17,18)19)21-10(9(8)14)12-3-1-2-6(4-12)11(15)16;;;/h1-4,7-10,13-14H,5H2,(H2-,15,16,17,18,19);;;/p+1/t7-,8-,9-,10-;;;/m1.../s1. The number of carboxylic acids is 1. The molecule has 0 radical (unpaired) electrons. The number of aromatic carboxylic acids is 1. The minimum absolute atomic E-state index is 0. The van der Waals surface area contributed by atoms with Gasteiger partial charge in [-0.25, -0.2) is 9.36 Å². The molecule has 1 aliphatic heterocycles. The van der Waals surface area contributed by atoms with Crippen molar-refractivity contribution in [3.8, 4) is 0 Å². The average molecular weight is 378 g/mol. The SMILES string of the molecule is O=C(O)c1ccc[n+]([C@@H]2O[C@H](COP(=O)(O)O)[C@@H](O)[C@H]2O)c1.[CaH2]. The van der Waals surface area contributed by atoms with Crippen molar-refractivity contribution >= 4 is 51.5 Å². The molecule has 0 saturated carbocycles. The molecule has 12 heteroatoms. The van der Waals surface area contributed by atoms with Gasteiger partial charge in [0.25, 0.3) is 6.23 Å². The van der Waals surface area contributed by atoms with Crippen molar-refractivity contribution in [2.75, 3.05) is 6.61 Å². The molecule has 0 spiro atoms. The van der Waals surface area contributed by atoms with Gasteiger partial charge >= 0.3 is 51.5 Å². The third-order valence-electron chi connectivity index (χ3n) is 3.11. The van der Waals surface area contributed by atoms with Crippen LogP contribution in [0, 0.1) is 0 Å². The molecular weight excluding hydrogens is 361 g/mol. The maximum absolute atomic E-state index is 10.9. The van der Waals surface area contributed by atoms with Crippen molar-refractivity contribution in [3.05, 3.63) is 30.1 Å². The molecular formula is C11H17CaNO9P+. The van der Waals surface area contributed by atoms with E-state index in [-0.39, 0.29) is 43.3 Å². The molecule has 2 rings (SSSR count). The monoisotopic (exact) mass is 378 g/mol. The fraction of sp³-hybridized carbons (Fsp3) is 0.455. The van der Waals surface area contributed by atoms with Crippen LogP contribution in [-0.2, 0) is 13.8 Å². The molecule has 2 heterocycles. The molecule has 4 atom stereocenters. The number of pyridine rings is 1. The molecule has 1 aliphatic rings. The van der Waals surface area contributed by atoms with Crippen LogP contribution in [0.3, 0.4) is 0 Å². The first-order valence-corrected chi connectivity index (χ1v) is 7.68. The van der Waals surface area contributed by atoms with Crippen LogP contribution < -0.4 is 4.57 Å². The second kappa shape index (κ2) is 8.30. The van der Waals surface area contributed by atoms with Crippen molar-refractivity contribution in [1.29, 1.82) is 0 Å². The summed E-state index contributed by atoms with van der Waals surface area (Å²) in [6.45, 7) is -0.627. The molecule has 0 aliphatic carbocycles. The molecule has 10 nitrogen and oxygen atoms in total. The van der Waals surface area contributed by atoms with Gasteiger partial charge in [-0.15, -0.1) is 0 Å². The Balaban J connectivity index is 0.00000264. The normalized spacial score (nSPS) is 27.5. The Labute approximate surface area is 160 Å². The summed E-state index contributed by atoms with van der Waals surface area (Å²) < 4.78 is 21.4. The summed E-state index contributed by atoms with van der Waals surface area (Å²) >= 11 is 0. The van der Waals surface area contributed by atoms with Gasteiger partial charge in [0, 0.05) is 6.07 Å². The fourth-order valence-corrected chi connectivity index (χ4v) is 2.40. The van der Waals surface area contributed by atoms with Crippen LogP contribution in [0.4, 0.5) is 0 Å². The van der Waals surface area contributed by atoms with Gasteiger partial charge in [0.1, 0.15) is 17.8 Å². The van der Waals surface area contributed by atoms with E-state index in [2.05, 4.69) is 4.52 Å². The first-order valence-electron chi connectivity index (χ1n) is 6.15. The number of phosphoric ester groups is 1. The number of aromatic nitrogens is 1. The average Bonchev–Trinajstić information content (AvgIpc) is 2.72. The zero-order valence-electron chi connectivity index (χ0n) is 11.1. The first kappa shape index (κ1) is 20.9. The third kappa shape index (κ3) is 5.43. The van der Waals surface area contributed by atoms with Crippen LogP contribution in [0.5, 0.6) is 0 Å². The van der Waals surface area contributed by atoms with Crippen molar-refractivity contribution in [3.63, 3.8) is 0 Å². The molecule has 0 amide bonds. The number of carbonyl (C=O) groups is 1. The van der Waals surface area contributed by atoms with Crippen LogP contribution in [0.1, 0.15) is 16.6 Å². The van der Waals surface area contributed by atoms with Crippen molar-refractivity contribution < 1.29 is 48.3 Å². The van der Waals surface area contributed by atoms with Crippen LogP contribution >= 0.6 is 7.82 Å². The Morgan fingerprint density at radius 2 is 2.00 bits per heavy atom. The number of ether oxygens (including phenoxy) is 1. The Hall–Kier alpha value is -0.130. The van der Waals surface area contributed by atoms with Gasteiger partial charge < -0.3 is 29.8 Å². The van der Waals surface area contributed by atoms with Gasteiger partial charge in [-0.2, -0.15) is 4.57 Å².